The first kappa shape index (κ1) is 61.4. The molecule has 3 atom stereocenters. The number of nitro benzene ring substituents is 2. The summed E-state index contributed by atoms with van der Waals surface area (Å²) in [6, 6.07) is 11.6. The van der Waals surface area contributed by atoms with E-state index in [9.17, 15) is 29.8 Å². The monoisotopic (exact) mass is 856 g/mol. The maximum atomic E-state index is 10.3. The number of nitrogens with two attached hydrogens (primary N) is 2. The number of rotatable bonds is 19. The van der Waals surface area contributed by atoms with Gasteiger partial charge in [-0.3, -0.25) is 20.2 Å². The van der Waals surface area contributed by atoms with Gasteiger partial charge in [0.15, 0.2) is 0 Å². The molecule has 21 nitrogen and oxygen atoms in total. The van der Waals surface area contributed by atoms with E-state index in [2.05, 4.69) is 35.7 Å². The molecule has 2 rings (SSSR count). The van der Waals surface area contributed by atoms with Crippen LogP contribution in [0.3, 0.4) is 0 Å². The molecule has 7 N–H and O–H groups in total. The zero-order valence-corrected chi connectivity index (χ0v) is 33.8. The summed E-state index contributed by atoms with van der Waals surface area (Å²) in [7, 11) is 0. The number of nitrogens with zero attached hydrogens (tertiary/aromatic N) is 2. The Hall–Kier alpha value is -4.86. The third-order valence-electron chi connectivity index (χ3n) is 6.92. The number of carbonyl (C=O) groups excluding carboxylic acids is 3. The van der Waals surface area contributed by atoms with Crippen molar-refractivity contribution in [2.75, 3.05) is 19.7 Å². The van der Waals surface area contributed by atoms with Gasteiger partial charge in [-0.1, -0.05) is 20.3 Å². The van der Waals surface area contributed by atoms with Crippen molar-refractivity contribution in [1.29, 1.82) is 5.41 Å². The number of unbranched alkanes of at least 4 members (excludes halogenated alkanes) is 2. The summed E-state index contributed by atoms with van der Waals surface area (Å²) in [5.41, 5.74) is 12.6. The van der Waals surface area contributed by atoms with Crippen LogP contribution in [0.4, 0.5) is 21.0 Å². The predicted molar refractivity (Wildman–Crippen MR) is 215 cm³/mol. The quantitative estimate of drug-likeness (QED) is 0.0223. The molecule has 2 aromatic carbocycles. The lowest BCUT2D eigenvalue weighted by Crippen LogP contribution is -2.31. The number of nitro groups is 2. The number of non-ortho nitro benzene ring substituents is 2. The van der Waals surface area contributed by atoms with E-state index < -0.39 is 20.7 Å². The molecule has 57 heavy (non-hydrogen) atoms. The van der Waals surface area contributed by atoms with Gasteiger partial charge in [-0.15, -0.1) is 0 Å². The molecule has 23 heteroatoms. The fraction of sp³-hybridized carbons (Fsp3) is 0.559. The molecule has 3 unspecified atom stereocenters. The van der Waals surface area contributed by atoms with Crippen LogP contribution >= 0.6 is 23.2 Å². The third-order valence-corrected chi connectivity index (χ3v) is 7.14. The number of hydroxylamine groups is 1. The minimum atomic E-state index is -0.900. The highest BCUT2D eigenvalue weighted by atomic mass is 35.5. The van der Waals surface area contributed by atoms with Crippen LogP contribution in [0.15, 0.2) is 48.5 Å². The van der Waals surface area contributed by atoms with E-state index in [1.54, 1.807) is 0 Å². The first-order chi connectivity index (χ1) is 27.2. The molecule has 0 saturated carbocycles. The standard InChI is InChI=1S/C9H22N2O.2C8H6ClNO4.C8H19NO.CHNO.2O2/c1-3-9(11-12)8(2)6-4-5-7-10;2*9-8(11)14-5-6-1-3-7(4-2-6)10(12)13;1-3-10-8(2)6-4-5-7-9;2-1-3;2*1-2/h8-9,11-12H,3-7,10H2,1-2H3;2*1-4H,5H2;8H,3-7,9H2,1-2H3;2H;;. The second-order valence-electron chi connectivity index (χ2n) is 11.0. The van der Waals surface area contributed by atoms with Crippen LogP contribution in [0.25, 0.3) is 0 Å². The Morgan fingerprint density at radius 1 is 0.789 bits per heavy atom. The van der Waals surface area contributed by atoms with E-state index in [-0.39, 0.29) is 30.6 Å². The highest BCUT2D eigenvalue weighted by molar-refractivity contribution is 6.61. The normalized spacial score (nSPS) is 10.7. The van der Waals surface area contributed by atoms with Crippen LogP contribution in [0.1, 0.15) is 83.8 Å². The zero-order chi connectivity index (χ0) is 45.0. The molecule has 0 amide bonds. The average molecular weight is 858 g/mol. The van der Waals surface area contributed by atoms with Gasteiger partial charge in [0.1, 0.15) is 13.2 Å². The summed E-state index contributed by atoms with van der Waals surface area (Å²) < 4.78 is 14.3. The number of hydrogen-bond donors (Lipinski definition) is 5. The van der Waals surface area contributed by atoms with Gasteiger partial charge < -0.3 is 30.9 Å². The van der Waals surface area contributed by atoms with E-state index >= 15 is 0 Å². The van der Waals surface area contributed by atoms with Crippen molar-refractivity contribution >= 4 is 51.5 Å². The zero-order valence-electron chi connectivity index (χ0n) is 32.3. The van der Waals surface area contributed by atoms with Crippen LogP contribution < -0.4 is 16.9 Å². The molecule has 0 aromatic heterocycles. The number of ether oxygens (including phenoxy) is 3. The molecule has 0 heterocycles. The maximum absolute atomic E-state index is 10.3. The summed E-state index contributed by atoms with van der Waals surface area (Å²) >= 11 is 9.88. The first-order valence-corrected chi connectivity index (χ1v) is 17.8. The molecule has 0 saturated heterocycles. The van der Waals surface area contributed by atoms with Crippen molar-refractivity contribution < 1.29 is 43.6 Å². The summed E-state index contributed by atoms with van der Waals surface area (Å²) in [5, 5.41) is 34.7. The highest BCUT2D eigenvalue weighted by Gasteiger charge is 2.13. The predicted octanol–water partition coefficient (Wildman–Crippen LogP) is 8.02. The van der Waals surface area contributed by atoms with E-state index in [0.29, 0.717) is 23.1 Å². The second-order valence-corrected chi connectivity index (χ2v) is 11.6. The minimum Gasteiger partial charge on any atom is -0.449 e. The molecule has 324 valence electrons. The molecule has 0 aliphatic rings. The summed E-state index contributed by atoms with van der Waals surface area (Å²) in [5.74, 6) is 0.534. The van der Waals surface area contributed by atoms with Crippen LogP contribution in [-0.2, 0) is 32.2 Å². The van der Waals surface area contributed by atoms with Gasteiger partial charge in [-0.05, 0) is 107 Å². The van der Waals surface area contributed by atoms with Crippen molar-refractivity contribution in [1.82, 2.24) is 5.48 Å². The number of carbonyl (C=O) groups is 2. The number of benzene rings is 2. The van der Waals surface area contributed by atoms with Crippen molar-refractivity contribution in [3.63, 3.8) is 0 Å². The summed E-state index contributed by atoms with van der Waals surface area (Å²) in [6.07, 6.45) is 8.99. The van der Waals surface area contributed by atoms with Gasteiger partial charge in [0.2, 0.25) is 6.08 Å². The van der Waals surface area contributed by atoms with Crippen molar-refractivity contribution in [3.05, 3.63) is 99.7 Å². The Balaban J connectivity index is -0.000000201. The molecule has 0 radical (unpaired) electrons. The third kappa shape index (κ3) is 42.1. The molecule has 0 aliphatic carbocycles. The molecule has 0 bridgehead atoms. The van der Waals surface area contributed by atoms with Gasteiger partial charge in [0.25, 0.3) is 11.4 Å². The van der Waals surface area contributed by atoms with Crippen LogP contribution in [0.5, 0.6) is 0 Å². The minimum absolute atomic E-state index is 0.00838. The van der Waals surface area contributed by atoms with Gasteiger partial charge >= 0.3 is 10.9 Å². The van der Waals surface area contributed by atoms with Gasteiger partial charge in [-0.2, -0.15) is 0 Å². The lowest BCUT2D eigenvalue weighted by Gasteiger charge is -2.20. The Morgan fingerprint density at radius 2 is 1.14 bits per heavy atom. The largest absolute Gasteiger partial charge is 0.449 e. The van der Waals surface area contributed by atoms with Crippen LogP contribution in [0, 0.1) is 51.4 Å². The number of hydrogen-bond acceptors (Lipinski definition) is 19. The fourth-order valence-corrected chi connectivity index (χ4v) is 4.19. The number of nitrogens with one attached hydrogen (secondary N) is 2. The average Bonchev–Trinajstić information content (AvgIpc) is 3.20. The smallest absolute Gasteiger partial charge is 0.404 e. The Labute approximate surface area is 340 Å². The van der Waals surface area contributed by atoms with Crippen molar-refractivity contribution in [3.8, 4) is 0 Å². The van der Waals surface area contributed by atoms with E-state index in [0.717, 1.165) is 64.3 Å². The van der Waals surface area contributed by atoms with E-state index in [1.165, 1.54) is 55.0 Å². The SMILES string of the molecule is CCC(NO)C(C)CCCCN.CCOC(C)CCCCN.N=C=O.O=C(Cl)OCc1ccc([N+](=O)[O-])cc1.O=C(Cl)OCc1ccc([N+](=O)[O-])cc1.O=O.O=O. The van der Waals surface area contributed by atoms with Crippen molar-refractivity contribution in [2.45, 2.75) is 98.0 Å². The Kier molecular flexibility index (Phi) is 49.0. The fourth-order valence-electron chi connectivity index (χ4n) is 4.08. The second kappa shape index (κ2) is 45.5. The maximum Gasteiger partial charge on any atom is 0.404 e. The molecular formula is C34H54Cl2N6O15. The molecule has 0 fully saturated rings. The molecule has 0 spiro atoms. The number of isocyanates is 1. The van der Waals surface area contributed by atoms with Crippen molar-refractivity contribution in [2.24, 2.45) is 17.4 Å². The Morgan fingerprint density at radius 3 is 1.40 bits per heavy atom. The number of halogens is 2. The van der Waals surface area contributed by atoms with Crippen LogP contribution in [0.2, 0.25) is 0 Å². The van der Waals surface area contributed by atoms with E-state index in [1.807, 2.05) is 6.92 Å². The van der Waals surface area contributed by atoms with Gasteiger partial charge in [-0.25, -0.2) is 25.3 Å². The molecule has 2 aromatic rings. The summed E-state index contributed by atoms with van der Waals surface area (Å²) in [4.78, 5) is 76.4. The lowest BCUT2D eigenvalue weighted by molar-refractivity contribution is -0.385. The van der Waals surface area contributed by atoms with Crippen LogP contribution in [-0.4, -0.2) is 63.8 Å². The lowest BCUT2D eigenvalue weighted by atomic mass is 9.94. The molecular weight excluding hydrogens is 803 g/mol. The molecule has 0 aliphatic heterocycles. The topological polar surface area (TPSA) is 342 Å². The van der Waals surface area contributed by atoms with Gasteiger partial charge in [0.05, 0.1) is 16.0 Å². The highest BCUT2D eigenvalue weighted by Crippen LogP contribution is 2.15. The summed E-state index contributed by atoms with van der Waals surface area (Å²) in [6.45, 7) is 10.8. The Bertz CT molecular complexity index is 1250. The van der Waals surface area contributed by atoms with Gasteiger partial charge in [0, 0.05) is 80.0 Å². The van der Waals surface area contributed by atoms with E-state index in [4.69, 9.17) is 74.7 Å². The first-order valence-electron chi connectivity index (χ1n) is 17.1.